The molecule has 7 nitrogen and oxygen atoms in total. The molecule has 3 rings (SSSR count). The van der Waals surface area contributed by atoms with Gasteiger partial charge in [0, 0.05) is 22.7 Å². The number of nitrogens with one attached hydrogen (secondary N) is 1. The Balaban J connectivity index is 1.56. The Labute approximate surface area is 160 Å². The molecular formula is C19H20N2O5S. The molecule has 1 heterocycles. The average Bonchev–Trinajstić information content (AvgIpc) is 3.04. The summed E-state index contributed by atoms with van der Waals surface area (Å²) in [6.45, 7) is 3.45. The summed E-state index contributed by atoms with van der Waals surface area (Å²) in [7, 11) is 0. The maximum atomic E-state index is 12.2. The van der Waals surface area contributed by atoms with Gasteiger partial charge in [0.05, 0.1) is 4.92 Å². The third-order valence-corrected chi connectivity index (χ3v) is 5.78. The molecule has 1 N–H and O–H groups in total. The van der Waals surface area contributed by atoms with Gasteiger partial charge in [-0.1, -0.05) is 6.92 Å². The lowest BCUT2D eigenvalue weighted by Gasteiger charge is -2.16. The van der Waals surface area contributed by atoms with Crippen molar-refractivity contribution in [3.63, 3.8) is 0 Å². The zero-order valence-electron chi connectivity index (χ0n) is 15.1. The topological polar surface area (TPSA) is 98.5 Å². The van der Waals surface area contributed by atoms with Gasteiger partial charge in [0.1, 0.15) is 4.88 Å². The van der Waals surface area contributed by atoms with Crippen LogP contribution in [0.2, 0.25) is 0 Å². The number of nitro groups is 1. The van der Waals surface area contributed by atoms with Crippen molar-refractivity contribution in [2.24, 2.45) is 5.92 Å². The first kappa shape index (κ1) is 19.0. The summed E-state index contributed by atoms with van der Waals surface area (Å²) in [5.74, 6) is -0.375. The van der Waals surface area contributed by atoms with Gasteiger partial charge in [-0.3, -0.25) is 14.9 Å². The number of hydrogen-bond donors (Lipinski definition) is 1. The van der Waals surface area contributed by atoms with Crippen LogP contribution in [0.25, 0.3) is 0 Å². The van der Waals surface area contributed by atoms with Crippen LogP contribution in [-0.4, -0.2) is 23.4 Å². The Morgan fingerprint density at radius 1 is 1.37 bits per heavy atom. The van der Waals surface area contributed by atoms with E-state index in [0.29, 0.717) is 22.0 Å². The molecule has 27 heavy (non-hydrogen) atoms. The SMILES string of the molecule is Cc1cc([N+](=O)[O-])ccc1NC(=O)COC(=O)c1cc2c(s1)CC[C@@H](C)C2. The van der Waals surface area contributed by atoms with Crippen LogP contribution in [0.15, 0.2) is 24.3 Å². The first-order valence-corrected chi connectivity index (χ1v) is 9.48. The van der Waals surface area contributed by atoms with Gasteiger partial charge in [-0.25, -0.2) is 4.79 Å². The number of carbonyl (C=O) groups excluding carboxylic acids is 2. The maximum absolute atomic E-state index is 12.2. The Hall–Kier alpha value is -2.74. The zero-order chi connectivity index (χ0) is 19.6. The average molecular weight is 388 g/mol. The Bertz CT molecular complexity index is 906. The number of carbonyl (C=O) groups is 2. The minimum absolute atomic E-state index is 0.0482. The van der Waals surface area contributed by atoms with Crippen LogP contribution in [0.1, 0.15) is 39.0 Å². The molecule has 1 aliphatic carbocycles. The summed E-state index contributed by atoms with van der Waals surface area (Å²) < 4.78 is 5.12. The number of esters is 1. The highest BCUT2D eigenvalue weighted by molar-refractivity contribution is 7.14. The molecule has 0 spiro atoms. The molecule has 0 fully saturated rings. The van der Waals surface area contributed by atoms with Crippen molar-refractivity contribution in [1.29, 1.82) is 0 Å². The molecule has 1 aliphatic rings. The van der Waals surface area contributed by atoms with E-state index in [0.717, 1.165) is 19.3 Å². The first-order chi connectivity index (χ1) is 12.8. The van der Waals surface area contributed by atoms with Crippen molar-refractivity contribution in [2.45, 2.75) is 33.1 Å². The number of rotatable bonds is 5. The Morgan fingerprint density at radius 2 is 2.15 bits per heavy atom. The molecular weight excluding hydrogens is 368 g/mol. The number of thiophene rings is 1. The van der Waals surface area contributed by atoms with E-state index in [1.165, 1.54) is 40.0 Å². The van der Waals surface area contributed by atoms with Crippen LogP contribution in [0.5, 0.6) is 0 Å². The van der Waals surface area contributed by atoms with Gasteiger partial charge in [-0.15, -0.1) is 11.3 Å². The third-order valence-electron chi connectivity index (χ3n) is 4.56. The van der Waals surface area contributed by atoms with Gasteiger partial charge < -0.3 is 10.1 Å². The smallest absolute Gasteiger partial charge is 0.348 e. The second-order valence-electron chi connectivity index (χ2n) is 6.79. The normalized spacial score (nSPS) is 15.7. The molecule has 8 heteroatoms. The summed E-state index contributed by atoms with van der Waals surface area (Å²) in [6, 6.07) is 6.02. The fraction of sp³-hybridized carbons (Fsp3) is 0.368. The van der Waals surface area contributed by atoms with Crippen LogP contribution >= 0.6 is 11.3 Å². The number of benzene rings is 1. The number of aryl methyl sites for hydroxylation is 2. The van der Waals surface area contributed by atoms with Crippen LogP contribution < -0.4 is 5.32 Å². The predicted octanol–water partition coefficient (Wildman–Crippen LogP) is 3.89. The molecule has 1 aromatic heterocycles. The first-order valence-electron chi connectivity index (χ1n) is 8.67. The molecule has 0 bridgehead atoms. The van der Waals surface area contributed by atoms with E-state index in [-0.39, 0.29) is 5.69 Å². The van der Waals surface area contributed by atoms with Gasteiger partial charge in [0.2, 0.25) is 0 Å². The van der Waals surface area contributed by atoms with Gasteiger partial charge in [0.25, 0.3) is 11.6 Å². The number of ether oxygens (including phenoxy) is 1. The molecule has 0 saturated carbocycles. The molecule has 142 valence electrons. The highest BCUT2D eigenvalue weighted by atomic mass is 32.1. The van der Waals surface area contributed by atoms with E-state index in [1.807, 2.05) is 6.07 Å². The Kier molecular flexibility index (Phi) is 5.55. The highest BCUT2D eigenvalue weighted by Gasteiger charge is 2.22. The van der Waals surface area contributed by atoms with Gasteiger partial charge >= 0.3 is 5.97 Å². The van der Waals surface area contributed by atoms with Crippen LogP contribution in [0, 0.1) is 23.0 Å². The van der Waals surface area contributed by atoms with Crippen LogP contribution in [0.4, 0.5) is 11.4 Å². The predicted molar refractivity (Wildman–Crippen MR) is 102 cm³/mol. The van der Waals surface area contributed by atoms with Crippen molar-refractivity contribution in [1.82, 2.24) is 0 Å². The highest BCUT2D eigenvalue weighted by Crippen LogP contribution is 2.32. The van der Waals surface area contributed by atoms with Crippen molar-refractivity contribution < 1.29 is 19.2 Å². The Morgan fingerprint density at radius 3 is 2.85 bits per heavy atom. The fourth-order valence-electron chi connectivity index (χ4n) is 3.10. The van der Waals surface area contributed by atoms with Crippen LogP contribution in [-0.2, 0) is 22.4 Å². The van der Waals surface area contributed by atoms with E-state index in [1.54, 1.807) is 6.92 Å². The second kappa shape index (κ2) is 7.87. The van der Waals surface area contributed by atoms with E-state index >= 15 is 0 Å². The largest absolute Gasteiger partial charge is 0.451 e. The molecule has 0 saturated heterocycles. The summed E-state index contributed by atoms with van der Waals surface area (Å²) in [5, 5.41) is 13.4. The van der Waals surface area contributed by atoms with E-state index in [4.69, 9.17) is 4.74 Å². The third kappa shape index (κ3) is 4.51. The second-order valence-corrected chi connectivity index (χ2v) is 7.92. The minimum atomic E-state index is -0.502. The monoisotopic (exact) mass is 388 g/mol. The molecule has 0 radical (unpaired) electrons. The van der Waals surface area contributed by atoms with Crippen molar-refractivity contribution in [2.75, 3.05) is 11.9 Å². The fourth-order valence-corrected chi connectivity index (χ4v) is 4.20. The van der Waals surface area contributed by atoms with E-state index < -0.39 is 23.4 Å². The number of anilines is 1. The molecule has 2 aromatic rings. The summed E-state index contributed by atoms with van der Waals surface area (Å²) >= 11 is 1.44. The summed E-state index contributed by atoms with van der Waals surface area (Å²) in [4.78, 5) is 36.3. The number of non-ortho nitro benzene ring substituents is 1. The quantitative estimate of drug-likeness (QED) is 0.476. The van der Waals surface area contributed by atoms with Gasteiger partial charge in [0.15, 0.2) is 6.61 Å². The summed E-state index contributed by atoms with van der Waals surface area (Å²) in [6.07, 6.45) is 3.08. The van der Waals surface area contributed by atoms with E-state index in [9.17, 15) is 19.7 Å². The van der Waals surface area contributed by atoms with Crippen molar-refractivity contribution >= 4 is 34.6 Å². The molecule has 1 amide bonds. The lowest BCUT2D eigenvalue weighted by Crippen LogP contribution is -2.21. The number of nitrogens with zero attached hydrogens (tertiary/aromatic N) is 1. The number of nitro benzene ring substituents is 1. The zero-order valence-corrected chi connectivity index (χ0v) is 15.9. The van der Waals surface area contributed by atoms with Gasteiger partial charge in [-0.2, -0.15) is 0 Å². The number of hydrogen-bond acceptors (Lipinski definition) is 6. The molecule has 1 atom stereocenters. The standard InChI is InChI=1S/C19H20N2O5S/c1-11-3-6-16-13(7-11)9-17(27-16)19(23)26-10-18(22)20-15-5-4-14(21(24)25)8-12(15)2/h4-5,8-9,11H,3,6-7,10H2,1-2H3,(H,20,22)/t11-/m1/s1. The lowest BCUT2D eigenvalue weighted by atomic mass is 9.90. The van der Waals surface area contributed by atoms with Crippen molar-refractivity contribution in [3.8, 4) is 0 Å². The maximum Gasteiger partial charge on any atom is 0.348 e. The van der Waals surface area contributed by atoms with Gasteiger partial charge in [-0.05, 0) is 55.4 Å². The molecule has 1 aromatic carbocycles. The molecule has 0 aliphatic heterocycles. The number of fused-ring (bicyclic) bond motifs is 1. The minimum Gasteiger partial charge on any atom is -0.451 e. The van der Waals surface area contributed by atoms with E-state index in [2.05, 4.69) is 12.2 Å². The lowest BCUT2D eigenvalue weighted by molar-refractivity contribution is -0.384. The molecule has 0 unspecified atom stereocenters. The van der Waals surface area contributed by atoms with Crippen molar-refractivity contribution in [3.05, 3.63) is 55.3 Å². The summed E-state index contributed by atoms with van der Waals surface area (Å²) in [5.41, 5.74) is 2.16. The number of amides is 1. The van der Waals surface area contributed by atoms with Crippen LogP contribution in [0.3, 0.4) is 0 Å².